The summed E-state index contributed by atoms with van der Waals surface area (Å²) in [6.07, 6.45) is 0. The van der Waals surface area contributed by atoms with Crippen LogP contribution in [0.5, 0.6) is 5.75 Å². The quantitative estimate of drug-likeness (QED) is 0.612. The monoisotopic (exact) mass is 449 g/mol. The van der Waals surface area contributed by atoms with Crippen molar-refractivity contribution >= 4 is 28.5 Å². The van der Waals surface area contributed by atoms with Gasteiger partial charge in [0.25, 0.3) is 5.91 Å². The molecule has 1 aromatic heterocycles. The van der Waals surface area contributed by atoms with Crippen LogP contribution < -0.4 is 10.1 Å². The maximum atomic E-state index is 13.1. The van der Waals surface area contributed by atoms with Crippen molar-refractivity contribution in [3.63, 3.8) is 0 Å². The van der Waals surface area contributed by atoms with Gasteiger partial charge < -0.3 is 19.4 Å². The highest BCUT2D eigenvalue weighted by molar-refractivity contribution is 5.99. The van der Waals surface area contributed by atoms with Gasteiger partial charge in [0.1, 0.15) is 11.3 Å². The summed E-state index contributed by atoms with van der Waals surface area (Å²) in [5.41, 5.74) is 4.49. The van der Waals surface area contributed by atoms with Gasteiger partial charge in [-0.25, -0.2) is 0 Å². The molecule has 1 saturated heterocycles. The molecule has 7 nitrogen and oxygen atoms in total. The summed E-state index contributed by atoms with van der Waals surface area (Å²) in [6, 6.07) is 11.6. The van der Waals surface area contributed by atoms with Gasteiger partial charge in [0, 0.05) is 42.8 Å². The van der Waals surface area contributed by atoms with E-state index in [0.717, 1.165) is 33.5 Å². The van der Waals surface area contributed by atoms with Crippen LogP contribution in [0.25, 0.3) is 11.0 Å². The number of rotatable bonds is 6. The number of piperazine rings is 1. The molecule has 2 aromatic carbocycles. The molecule has 33 heavy (non-hydrogen) atoms. The Balaban J connectivity index is 1.36. The second-order valence-electron chi connectivity index (χ2n) is 8.53. The zero-order valence-corrected chi connectivity index (χ0v) is 19.7. The maximum Gasteiger partial charge on any atom is 0.289 e. The molecule has 0 atom stereocenters. The van der Waals surface area contributed by atoms with Crippen molar-refractivity contribution in [3.8, 4) is 5.75 Å². The fraction of sp³-hybridized carbons (Fsp3) is 0.385. The number of nitrogens with one attached hydrogen (secondary N) is 1. The van der Waals surface area contributed by atoms with E-state index >= 15 is 0 Å². The van der Waals surface area contributed by atoms with Crippen LogP contribution in [0.1, 0.15) is 34.2 Å². The van der Waals surface area contributed by atoms with Crippen molar-refractivity contribution in [1.82, 2.24) is 9.80 Å². The van der Waals surface area contributed by atoms with Crippen LogP contribution in [-0.4, -0.2) is 60.9 Å². The fourth-order valence-electron chi connectivity index (χ4n) is 4.31. The molecule has 1 N–H and O–H groups in total. The Bertz CT molecular complexity index is 1160. The van der Waals surface area contributed by atoms with Crippen LogP contribution in [0.4, 0.5) is 5.69 Å². The van der Waals surface area contributed by atoms with Crippen molar-refractivity contribution in [3.05, 3.63) is 58.8 Å². The van der Waals surface area contributed by atoms with Gasteiger partial charge in [-0.2, -0.15) is 0 Å². The largest absolute Gasteiger partial charge is 0.494 e. The average Bonchev–Trinajstić information content (AvgIpc) is 3.13. The Hall–Kier alpha value is -3.32. The summed E-state index contributed by atoms with van der Waals surface area (Å²) in [6.45, 7) is 11.1. The highest BCUT2D eigenvalue weighted by Gasteiger charge is 2.27. The molecule has 0 unspecified atom stereocenters. The van der Waals surface area contributed by atoms with E-state index in [9.17, 15) is 9.59 Å². The number of amides is 2. The highest BCUT2D eigenvalue weighted by Crippen LogP contribution is 2.30. The van der Waals surface area contributed by atoms with Gasteiger partial charge in [-0.1, -0.05) is 18.2 Å². The molecule has 7 heteroatoms. The Morgan fingerprint density at radius 1 is 1.03 bits per heavy atom. The first-order valence-electron chi connectivity index (χ1n) is 11.4. The number of fused-ring (bicyclic) bond motifs is 1. The summed E-state index contributed by atoms with van der Waals surface area (Å²) in [5, 5.41) is 3.93. The second kappa shape index (κ2) is 9.67. The summed E-state index contributed by atoms with van der Waals surface area (Å²) in [4.78, 5) is 29.6. The third kappa shape index (κ3) is 4.88. The molecular weight excluding hydrogens is 418 g/mol. The summed E-state index contributed by atoms with van der Waals surface area (Å²) in [7, 11) is 0. The van der Waals surface area contributed by atoms with Crippen molar-refractivity contribution in [2.75, 3.05) is 44.6 Å². The minimum absolute atomic E-state index is 0.0367. The topological polar surface area (TPSA) is 75.0 Å². The normalized spacial score (nSPS) is 14.5. The number of carbonyl (C=O) groups excluding carboxylic acids is 2. The smallest absolute Gasteiger partial charge is 0.289 e. The second-order valence-corrected chi connectivity index (χ2v) is 8.53. The number of ether oxygens (including phenoxy) is 1. The molecule has 4 rings (SSSR count). The van der Waals surface area contributed by atoms with E-state index in [1.165, 1.54) is 0 Å². The number of hydrogen-bond donors (Lipinski definition) is 1. The third-order valence-corrected chi connectivity index (χ3v) is 6.19. The van der Waals surface area contributed by atoms with Gasteiger partial charge in [-0.05, 0) is 57.0 Å². The molecule has 0 aliphatic carbocycles. The van der Waals surface area contributed by atoms with Gasteiger partial charge >= 0.3 is 0 Å². The van der Waals surface area contributed by atoms with Gasteiger partial charge in [0.05, 0.1) is 13.2 Å². The van der Waals surface area contributed by atoms with Gasteiger partial charge in [0.15, 0.2) is 5.76 Å². The summed E-state index contributed by atoms with van der Waals surface area (Å²) in [5.74, 6) is 0.993. The first-order valence-corrected chi connectivity index (χ1v) is 11.4. The lowest BCUT2D eigenvalue weighted by molar-refractivity contribution is -0.117. The molecule has 0 spiro atoms. The average molecular weight is 450 g/mol. The van der Waals surface area contributed by atoms with Gasteiger partial charge in [0.2, 0.25) is 5.91 Å². The van der Waals surface area contributed by atoms with Crippen LogP contribution >= 0.6 is 0 Å². The van der Waals surface area contributed by atoms with E-state index in [4.69, 9.17) is 9.15 Å². The molecule has 0 bridgehead atoms. The fourth-order valence-corrected chi connectivity index (χ4v) is 4.31. The van der Waals surface area contributed by atoms with E-state index in [-0.39, 0.29) is 11.8 Å². The van der Waals surface area contributed by atoms with Gasteiger partial charge in [-0.3, -0.25) is 14.5 Å². The molecule has 2 amide bonds. The number of carbonyl (C=O) groups is 2. The van der Waals surface area contributed by atoms with E-state index < -0.39 is 0 Å². The van der Waals surface area contributed by atoms with Crippen molar-refractivity contribution in [2.45, 2.75) is 27.7 Å². The SMILES string of the molecule is CCOc1ccc2oc(C(=O)N3CCN(CC(=O)Nc4c(C)cccc4C)CC3)c(C)c2c1. The predicted octanol–water partition coefficient (Wildman–Crippen LogP) is 4.15. The van der Waals surface area contributed by atoms with Crippen LogP contribution in [0, 0.1) is 20.8 Å². The number of benzene rings is 2. The van der Waals surface area contributed by atoms with E-state index in [1.807, 2.05) is 64.1 Å². The van der Waals surface area contributed by atoms with E-state index in [2.05, 4.69) is 10.2 Å². The first kappa shape index (κ1) is 22.9. The van der Waals surface area contributed by atoms with Crippen LogP contribution in [0.3, 0.4) is 0 Å². The minimum Gasteiger partial charge on any atom is -0.494 e. The summed E-state index contributed by atoms with van der Waals surface area (Å²) < 4.78 is 11.5. The zero-order valence-electron chi connectivity index (χ0n) is 19.7. The number of furan rings is 1. The van der Waals surface area contributed by atoms with Crippen LogP contribution in [0.2, 0.25) is 0 Å². The number of para-hydroxylation sites is 1. The predicted molar refractivity (Wildman–Crippen MR) is 129 cm³/mol. The molecule has 1 aliphatic rings. The lowest BCUT2D eigenvalue weighted by atomic mass is 10.1. The third-order valence-electron chi connectivity index (χ3n) is 6.19. The van der Waals surface area contributed by atoms with Gasteiger partial charge in [-0.15, -0.1) is 0 Å². The van der Waals surface area contributed by atoms with E-state index in [1.54, 1.807) is 4.90 Å². The molecule has 1 aliphatic heterocycles. The molecule has 3 aromatic rings. The number of aryl methyl sites for hydroxylation is 3. The lowest BCUT2D eigenvalue weighted by Gasteiger charge is -2.34. The molecule has 174 valence electrons. The zero-order chi connectivity index (χ0) is 23.5. The lowest BCUT2D eigenvalue weighted by Crippen LogP contribution is -2.50. The molecule has 0 radical (unpaired) electrons. The Morgan fingerprint density at radius 2 is 1.73 bits per heavy atom. The Morgan fingerprint density at radius 3 is 2.39 bits per heavy atom. The number of hydrogen-bond acceptors (Lipinski definition) is 5. The van der Waals surface area contributed by atoms with Crippen molar-refractivity contribution in [2.24, 2.45) is 0 Å². The maximum absolute atomic E-state index is 13.1. The van der Waals surface area contributed by atoms with Crippen LogP contribution in [-0.2, 0) is 4.79 Å². The minimum atomic E-state index is -0.110. The highest BCUT2D eigenvalue weighted by atomic mass is 16.5. The van der Waals surface area contributed by atoms with Crippen molar-refractivity contribution in [1.29, 1.82) is 0 Å². The Kier molecular flexibility index (Phi) is 6.70. The Labute approximate surface area is 194 Å². The summed E-state index contributed by atoms with van der Waals surface area (Å²) >= 11 is 0. The number of nitrogens with zero attached hydrogens (tertiary/aromatic N) is 2. The van der Waals surface area contributed by atoms with Crippen molar-refractivity contribution < 1.29 is 18.7 Å². The first-order chi connectivity index (χ1) is 15.9. The number of anilines is 1. The van der Waals surface area contributed by atoms with E-state index in [0.29, 0.717) is 50.7 Å². The standard InChI is InChI=1S/C26H31N3O4/c1-5-32-20-9-10-22-21(15-20)19(4)25(33-22)26(31)29-13-11-28(12-14-29)16-23(30)27-24-17(2)7-6-8-18(24)3/h6-10,15H,5,11-14,16H2,1-4H3,(H,27,30). The molecule has 1 fully saturated rings. The molecule has 0 saturated carbocycles. The molecule has 2 heterocycles. The van der Waals surface area contributed by atoms with Crippen LogP contribution in [0.15, 0.2) is 40.8 Å². The molecular formula is C26H31N3O4.